The molecule has 0 amide bonds. The van der Waals surface area contributed by atoms with E-state index in [0.29, 0.717) is 4.68 Å². The third kappa shape index (κ3) is 4.35. The molecule has 0 spiro atoms. The maximum Gasteiger partial charge on any atom is 0.433 e. The van der Waals surface area contributed by atoms with E-state index in [-0.39, 0.29) is 27.3 Å². The van der Waals surface area contributed by atoms with E-state index in [1.807, 2.05) is 0 Å². The number of sulfone groups is 1. The molecule has 0 unspecified atom stereocenters. The second-order valence-corrected chi connectivity index (χ2v) is 8.35. The molecular weight excluding hydrogens is 423 g/mol. The molecule has 0 aliphatic heterocycles. The van der Waals surface area contributed by atoms with Gasteiger partial charge in [-0.25, -0.2) is 13.1 Å². The van der Waals surface area contributed by atoms with Crippen LogP contribution < -0.4 is 0 Å². The molecule has 0 saturated heterocycles. The Morgan fingerprint density at radius 1 is 1.07 bits per heavy atom. The summed E-state index contributed by atoms with van der Waals surface area (Å²) in [7, 11) is -2.42. The number of methoxy groups -OCH3 is 1. The van der Waals surface area contributed by atoms with Crippen molar-refractivity contribution in [3.8, 4) is 22.4 Å². The third-order valence-electron chi connectivity index (χ3n) is 4.25. The quantitative estimate of drug-likeness (QED) is 0.567. The number of hydrogen-bond acceptors (Lipinski definition) is 6. The summed E-state index contributed by atoms with van der Waals surface area (Å²) in [6.45, 7) is -0.745. The number of benzene rings is 1. The molecule has 0 aliphatic carbocycles. The summed E-state index contributed by atoms with van der Waals surface area (Å²) < 4.78 is 70.4. The first kappa shape index (κ1) is 21.5. The number of hydrogen-bond donors (Lipinski definition) is 0. The van der Waals surface area contributed by atoms with Gasteiger partial charge in [0.25, 0.3) is 0 Å². The summed E-state index contributed by atoms with van der Waals surface area (Å²) in [6, 6.07) is 8.09. The highest BCUT2D eigenvalue weighted by atomic mass is 32.2. The molecule has 0 saturated carbocycles. The van der Waals surface area contributed by atoms with Crippen molar-refractivity contribution in [2.24, 2.45) is 0 Å². The van der Waals surface area contributed by atoms with Gasteiger partial charge in [0.1, 0.15) is 12.2 Å². The minimum atomic E-state index is -4.83. The number of alkyl halides is 3. The number of nitrogens with zero attached hydrogens (tertiary/aromatic N) is 3. The number of carbonyl (C=O) groups is 1. The molecule has 0 aliphatic rings. The number of pyridine rings is 1. The molecule has 0 fully saturated rings. The van der Waals surface area contributed by atoms with Crippen LogP contribution in [0.2, 0.25) is 0 Å². The standard InChI is InChI=1S/C19H16F3N3O4S/c1-29-15(26)11-25-18(19(20,21)22)16(12-7-9-23-10-8-12)17(24-25)13-3-5-14(6-4-13)30(2,27)28/h3-10H,11H2,1-2H3. The van der Waals surface area contributed by atoms with Gasteiger partial charge in [-0.15, -0.1) is 0 Å². The van der Waals surface area contributed by atoms with E-state index in [2.05, 4.69) is 14.8 Å². The molecular formula is C19H16F3N3O4S. The second-order valence-electron chi connectivity index (χ2n) is 6.34. The normalized spacial score (nSPS) is 12.0. The largest absolute Gasteiger partial charge is 0.468 e. The molecule has 0 radical (unpaired) electrons. The van der Waals surface area contributed by atoms with Crippen molar-refractivity contribution in [2.45, 2.75) is 17.6 Å². The topological polar surface area (TPSA) is 91.2 Å². The number of esters is 1. The van der Waals surface area contributed by atoms with Crippen LogP contribution in [0, 0.1) is 0 Å². The van der Waals surface area contributed by atoms with Crippen molar-refractivity contribution in [2.75, 3.05) is 13.4 Å². The molecule has 158 valence electrons. The lowest BCUT2D eigenvalue weighted by molar-refractivity contribution is -0.148. The zero-order chi connectivity index (χ0) is 22.1. The number of rotatable bonds is 5. The van der Waals surface area contributed by atoms with E-state index in [1.54, 1.807) is 0 Å². The van der Waals surface area contributed by atoms with Crippen LogP contribution >= 0.6 is 0 Å². The van der Waals surface area contributed by atoms with Crippen molar-refractivity contribution in [1.82, 2.24) is 14.8 Å². The maximum absolute atomic E-state index is 14.0. The smallest absolute Gasteiger partial charge is 0.433 e. The van der Waals surface area contributed by atoms with Gasteiger partial charge in [0.05, 0.1) is 12.0 Å². The monoisotopic (exact) mass is 439 g/mol. The van der Waals surface area contributed by atoms with Crippen LogP contribution in [0.25, 0.3) is 22.4 Å². The fourth-order valence-electron chi connectivity index (χ4n) is 2.91. The average Bonchev–Trinajstić information content (AvgIpc) is 3.07. The number of ether oxygens (including phenoxy) is 1. The fraction of sp³-hybridized carbons (Fsp3) is 0.211. The second kappa shape index (κ2) is 7.90. The van der Waals surface area contributed by atoms with Gasteiger partial charge >= 0.3 is 12.1 Å². The minimum Gasteiger partial charge on any atom is -0.468 e. The first-order chi connectivity index (χ1) is 14.0. The van der Waals surface area contributed by atoms with E-state index in [1.165, 1.54) is 48.8 Å². The zero-order valence-corrected chi connectivity index (χ0v) is 16.7. The van der Waals surface area contributed by atoms with Crippen LogP contribution in [-0.4, -0.2) is 42.5 Å². The van der Waals surface area contributed by atoms with E-state index in [0.717, 1.165) is 13.4 Å². The molecule has 11 heteroatoms. The van der Waals surface area contributed by atoms with Gasteiger partial charge in [-0.05, 0) is 29.8 Å². The Morgan fingerprint density at radius 2 is 1.67 bits per heavy atom. The third-order valence-corrected chi connectivity index (χ3v) is 5.38. The lowest BCUT2D eigenvalue weighted by atomic mass is 9.99. The van der Waals surface area contributed by atoms with Crippen molar-refractivity contribution >= 4 is 15.8 Å². The van der Waals surface area contributed by atoms with Crippen LogP contribution in [0.4, 0.5) is 13.2 Å². The van der Waals surface area contributed by atoms with Gasteiger partial charge < -0.3 is 4.74 Å². The van der Waals surface area contributed by atoms with Crippen LogP contribution in [0.5, 0.6) is 0 Å². The van der Waals surface area contributed by atoms with Crippen LogP contribution in [0.1, 0.15) is 5.69 Å². The van der Waals surface area contributed by atoms with Gasteiger partial charge in [-0.2, -0.15) is 18.3 Å². The molecule has 0 bridgehead atoms. The molecule has 2 heterocycles. The number of carbonyl (C=O) groups excluding carboxylic acids is 1. The SMILES string of the molecule is COC(=O)Cn1nc(-c2ccc(S(C)(=O)=O)cc2)c(-c2ccncc2)c1C(F)(F)F. The van der Waals surface area contributed by atoms with Crippen molar-refractivity contribution < 1.29 is 31.1 Å². The van der Waals surface area contributed by atoms with Crippen LogP contribution in [0.3, 0.4) is 0 Å². The molecule has 2 aromatic heterocycles. The molecule has 0 atom stereocenters. The Bertz CT molecular complexity index is 1170. The van der Waals surface area contributed by atoms with Gasteiger partial charge in [0.2, 0.25) is 0 Å². The summed E-state index contributed by atoms with van der Waals surface area (Å²) in [5, 5.41) is 4.03. The summed E-state index contributed by atoms with van der Waals surface area (Å²) in [5.74, 6) is -0.900. The summed E-state index contributed by atoms with van der Waals surface area (Å²) in [5.41, 5.74) is -0.987. The molecule has 30 heavy (non-hydrogen) atoms. The van der Waals surface area contributed by atoms with Crippen molar-refractivity contribution in [1.29, 1.82) is 0 Å². The molecule has 0 N–H and O–H groups in total. The lowest BCUT2D eigenvalue weighted by Crippen LogP contribution is -2.20. The predicted molar refractivity (Wildman–Crippen MR) is 101 cm³/mol. The Morgan fingerprint density at radius 3 is 2.17 bits per heavy atom. The van der Waals surface area contributed by atoms with Crippen LogP contribution in [-0.2, 0) is 32.1 Å². The van der Waals surface area contributed by atoms with Gasteiger partial charge in [0.15, 0.2) is 15.5 Å². The average molecular weight is 439 g/mol. The molecule has 3 rings (SSSR count). The first-order valence-electron chi connectivity index (χ1n) is 8.48. The lowest BCUT2D eigenvalue weighted by Gasteiger charge is -2.12. The summed E-state index contributed by atoms with van der Waals surface area (Å²) in [6.07, 6.45) is -1.13. The Kier molecular flexibility index (Phi) is 5.66. The van der Waals surface area contributed by atoms with Crippen molar-refractivity contribution in [3.05, 3.63) is 54.5 Å². The molecule has 7 nitrogen and oxygen atoms in total. The molecule has 1 aromatic carbocycles. The Hall–Kier alpha value is -3.21. The number of halogens is 3. The fourth-order valence-corrected chi connectivity index (χ4v) is 3.54. The maximum atomic E-state index is 14.0. The summed E-state index contributed by atoms with van der Waals surface area (Å²) in [4.78, 5) is 15.5. The van der Waals surface area contributed by atoms with E-state index in [4.69, 9.17) is 0 Å². The van der Waals surface area contributed by atoms with E-state index in [9.17, 15) is 26.4 Å². The highest BCUT2D eigenvalue weighted by molar-refractivity contribution is 7.90. The van der Waals surface area contributed by atoms with Gasteiger partial charge in [-0.1, -0.05) is 12.1 Å². The Labute approximate surface area is 170 Å². The van der Waals surface area contributed by atoms with E-state index < -0.39 is 34.2 Å². The number of aromatic nitrogens is 3. The zero-order valence-electron chi connectivity index (χ0n) is 15.8. The van der Waals surface area contributed by atoms with E-state index >= 15 is 0 Å². The highest BCUT2D eigenvalue weighted by Crippen LogP contribution is 2.42. The summed E-state index contributed by atoms with van der Waals surface area (Å²) >= 11 is 0. The van der Waals surface area contributed by atoms with Gasteiger partial charge in [-0.3, -0.25) is 9.78 Å². The first-order valence-corrected chi connectivity index (χ1v) is 10.4. The highest BCUT2D eigenvalue weighted by Gasteiger charge is 2.41. The molecule has 3 aromatic rings. The Balaban J connectivity index is 2.30. The van der Waals surface area contributed by atoms with Crippen molar-refractivity contribution in [3.63, 3.8) is 0 Å². The van der Waals surface area contributed by atoms with Crippen LogP contribution in [0.15, 0.2) is 53.7 Å². The minimum absolute atomic E-state index is 0.0155. The predicted octanol–water partition coefficient (Wildman–Crippen LogP) is 3.21. The van der Waals surface area contributed by atoms with Gasteiger partial charge in [0, 0.05) is 29.8 Å².